The van der Waals surface area contributed by atoms with Gasteiger partial charge in [-0.3, -0.25) is 0 Å². The Morgan fingerprint density at radius 3 is 2.33 bits per heavy atom. The molecule has 1 aliphatic rings. The molecule has 0 amide bonds. The van der Waals surface area contributed by atoms with Gasteiger partial charge in [0.1, 0.15) is 0 Å². The zero-order valence-corrected chi connectivity index (χ0v) is 14.3. The van der Waals surface area contributed by atoms with Crippen molar-refractivity contribution in [3.05, 3.63) is 28.8 Å². The topological polar surface area (TPSA) is 49.4 Å². The lowest BCUT2D eigenvalue weighted by Crippen LogP contribution is -2.38. The van der Waals surface area contributed by atoms with Gasteiger partial charge in [0, 0.05) is 13.1 Å². The Bertz CT molecular complexity index is 580. The van der Waals surface area contributed by atoms with E-state index < -0.39 is 10.0 Å². The van der Waals surface area contributed by atoms with E-state index in [2.05, 4.69) is 5.32 Å². The van der Waals surface area contributed by atoms with E-state index in [0.717, 1.165) is 49.0 Å². The highest BCUT2D eigenvalue weighted by Crippen LogP contribution is 2.27. The summed E-state index contributed by atoms with van der Waals surface area (Å²) >= 11 is 0. The molecule has 0 aromatic heterocycles. The van der Waals surface area contributed by atoms with Gasteiger partial charge in [-0.15, -0.1) is 0 Å². The van der Waals surface area contributed by atoms with Gasteiger partial charge in [-0.05, 0) is 64.3 Å². The first-order valence-electron chi connectivity index (χ1n) is 7.60. The van der Waals surface area contributed by atoms with E-state index in [4.69, 9.17) is 0 Å². The van der Waals surface area contributed by atoms with Crippen molar-refractivity contribution in [1.82, 2.24) is 9.62 Å². The van der Waals surface area contributed by atoms with Crippen molar-refractivity contribution >= 4 is 10.0 Å². The summed E-state index contributed by atoms with van der Waals surface area (Å²) in [5.41, 5.74) is 2.78. The van der Waals surface area contributed by atoms with E-state index in [9.17, 15) is 8.42 Å². The molecular weight excluding hydrogens is 284 g/mol. The van der Waals surface area contributed by atoms with Gasteiger partial charge in [0.05, 0.1) is 4.90 Å². The lowest BCUT2D eigenvalue weighted by atomic mass is 10.1. The third-order valence-electron chi connectivity index (χ3n) is 4.30. The van der Waals surface area contributed by atoms with E-state index in [1.54, 1.807) is 11.4 Å². The number of sulfonamides is 1. The van der Waals surface area contributed by atoms with Crippen LogP contribution in [-0.4, -0.2) is 38.9 Å². The molecule has 0 radical (unpaired) electrons. The minimum absolute atomic E-state index is 0.0881. The minimum atomic E-state index is -3.43. The first-order valence-corrected chi connectivity index (χ1v) is 9.04. The largest absolute Gasteiger partial charge is 0.317 e. The Balaban J connectivity index is 2.37. The monoisotopic (exact) mass is 310 g/mol. The lowest BCUT2D eigenvalue weighted by Gasteiger charge is -2.27. The second-order valence-corrected chi connectivity index (χ2v) is 8.02. The average molecular weight is 310 g/mol. The molecule has 1 saturated heterocycles. The highest BCUT2D eigenvalue weighted by molar-refractivity contribution is 7.89. The molecule has 0 bridgehead atoms. The molecule has 1 heterocycles. The molecule has 21 heavy (non-hydrogen) atoms. The highest BCUT2D eigenvalue weighted by Gasteiger charge is 2.30. The summed E-state index contributed by atoms with van der Waals surface area (Å²) in [7, 11) is -1.70. The summed E-state index contributed by atoms with van der Waals surface area (Å²) in [5, 5.41) is 3.33. The van der Waals surface area contributed by atoms with Gasteiger partial charge < -0.3 is 5.32 Å². The van der Waals surface area contributed by atoms with Crippen LogP contribution in [0, 0.1) is 20.8 Å². The zero-order valence-electron chi connectivity index (χ0n) is 13.4. The molecule has 1 aromatic rings. The minimum Gasteiger partial charge on any atom is -0.317 e. The Kier molecular flexibility index (Phi) is 5.07. The molecule has 1 unspecified atom stereocenters. The number of benzene rings is 1. The Morgan fingerprint density at radius 1 is 1.10 bits per heavy atom. The number of nitrogens with one attached hydrogen (secondary N) is 1. The van der Waals surface area contributed by atoms with Crippen LogP contribution < -0.4 is 5.32 Å². The normalized spacial score (nSPS) is 20.5. The summed E-state index contributed by atoms with van der Waals surface area (Å²) in [6.07, 6.45) is 2.82. The van der Waals surface area contributed by atoms with Gasteiger partial charge in [-0.2, -0.15) is 4.31 Å². The van der Waals surface area contributed by atoms with Gasteiger partial charge in [0.2, 0.25) is 10.0 Å². The SMILES string of the molecule is Cc1cc(C)c(S(=O)(=O)N(C)C2CCCNCC2)c(C)c1. The van der Waals surface area contributed by atoms with E-state index in [-0.39, 0.29) is 6.04 Å². The quantitative estimate of drug-likeness (QED) is 0.932. The van der Waals surface area contributed by atoms with Crippen molar-refractivity contribution in [2.75, 3.05) is 20.1 Å². The number of aryl methyl sites for hydroxylation is 3. The molecule has 2 rings (SSSR count). The highest BCUT2D eigenvalue weighted by atomic mass is 32.2. The number of nitrogens with zero attached hydrogens (tertiary/aromatic N) is 1. The fourth-order valence-electron chi connectivity index (χ4n) is 3.28. The summed E-state index contributed by atoms with van der Waals surface area (Å²) in [6.45, 7) is 7.63. The molecule has 0 spiro atoms. The number of hydrogen-bond donors (Lipinski definition) is 1. The third kappa shape index (κ3) is 3.47. The summed E-state index contributed by atoms with van der Waals surface area (Å²) in [4.78, 5) is 0.479. The average Bonchev–Trinajstić information content (AvgIpc) is 2.64. The lowest BCUT2D eigenvalue weighted by molar-refractivity contribution is 0.341. The first-order chi connectivity index (χ1) is 9.84. The van der Waals surface area contributed by atoms with Crippen LogP contribution in [0.3, 0.4) is 0 Å². The molecule has 1 N–H and O–H groups in total. The maximum absolute atomic E-state index is 13.0. The smallest absolute Gasteiger partial charge is 0.243 e. The van der Waals surface area contributed by atoms with Crippen molar-refractivity contribution in [2.45, 2.75) is 51.0 Å². The van der Waals surface area contributed by atoms with Gasteiger partial charge in [-0.25, -0.2) is 8.42 Å². The molecule has 1 fully saturated rings. The van der Waals surface area contributed by atoms with Crippen LogP contribution >= 0.6 is 0 Å². The molecule has 5 heteroatoms. The van der Waals surface area contributed by atoms with Gasteiger partial charge in [-0.1, -0.05) is 17.7 Å². The van der Waals surface area contributed by atoms with E-state index in [1.165, 1.54) is 0 Å². The Labute approximate surface area is 128 Å². The number of rotatable bonds is 3. The number of hydrogen-bond acceptors (Lipinski definition) is 3. The predicted octanol–water partition coefficient (Wildman–Crippen LogP) is 2.37. The van der Waals surface area contributed by atoms with Crippen LogP contribution in [0.4, 0.5) is 0 Å². The van der Waals surface area contributed by atoms with E-state index >= 15 is 0 Å². The van der Waals surface area contributed by atoms with Crippen molar-refractivity contribution in [2.24, 2.45) is 0 Å². The van der Waals surface area contributed by atoms with Crippen LogP contribution in [0.2, 0.25) is 0 Å². The summed E-state index contributed by atoms with van der Waals surface area (Å²) < 4.78 is 27.6. The van der Waals surface area contributed by atoms with E-state index in [1.807, 2.05) is 32.9 Å². The van der Waals surface area contributed by atoms with E-state index in [0.29, 0.717) is 4.90 Å². The summed E-state index contributed by atoms with van der Waals surface area (Å²) in [5.74, 6) is 0. The second kappa shape index (κ2) is 6.46. The van der Waals surface area contributed by atoms with Crippen molar-refractivity contribution in [3.63, 3.8) is 0 Å². The van der Waals surface area contributed by atoms with Crippen molar-refractivity contribution in [3.8, 4) is 0 Å². The van der Waals surface area contributed by atoms with Crippen LogP contribution in [-0.2, 0) is 10.0 Å². The maximum Gasteiger partial charge on any atom is 0.243 e. The van der Waals surface area contributed by atoms with Crippen molar-refractivity contribution < 1.29 is 8.42 Å². The summed E-state index contributed by atoms with van der Waals surface area (Å²) in [6, 6.07) is 3.98. The fraction of sp³-hybridized carbons (Fsp3) is 0.625. The molecule has 118 valence electrons. The second-order valence-electron chi connectivity index (χ2n) is 6.08. The van der Waals surface area contributed by atoms with Crippen LogP contribution in [0.1, 0.15) is 36.0 Å². The molecule has 0 saturated carbocycles. The molecule has 4 nitrogen and oxygen atoms in total. The van der Waals surface area contributed by atoms with Crippen LogP contribution in [0.15, 0.2) is 17.0 Å². The first kappa shape index (κ1) is 16.5. The van der Waals surface area contributed by atoms with Crippen LogP contribution in [0.5, 0.6) is 0 Å². The fourth-order valence-corrected chi connectivity index (χ4v) is 5.10. The molecule has 1 aromatic carbocycles. The molecule has 0 aliphatic carbocycles. The maximum atomic E-state index is 13.0. The van der Waals surface area contributed by atoms with Crippen LogP contribution in [0.25, 0.3) is 0 Å². The molecule has 1 atom stereocenters. The zero-order chi connectivity index (χ0) is 15.6. The standard InChI is InChI=1S/C16H26N2O2S/c1-12-10-13(2)16(14(3)11-12)21(19,20)18(4)15-6-5-8-17-9-7-15/h10-11,15,17H,5-9H2,1-4H3. The van der Waals surface area contributed by atoms with Gasteiger partial charge >= 0.3 is 0 Å². The van der Waals surface area contributed by atoms with Gasteiger partial charge in [0.15, 0.2) is 0 Å². The molecular formula is C16H26N2O2S. The molecule has 1 aliphatic heterocycles. The van der Waals surface area contributed by atoms with Gasteiger partial charge in [0.25, 0.3) is 0 Å². The predicted molar refractivity (Wildman–Crippen MR) is 86.1 cm³/mol. The third-order valence-corrected chi connectivity index (χ3v) is 6.52. The Morgan fingerprint density at radius 2 is 1.71 bits per heavy atom. The van der Waals surface area contributed by atoms with Crippen molar-refractivity contribution in [1.29, 1.82) is 0 Å². The Hall–Kier alpha value is -0.910.